The molecule has 4 rings (SSSR count). The number of carbonyl (C=O) groups excluding carboxylic acids is 2. The van der Waals surface area contributed by atoms with E-state index in [4.69, 9.17) is 9.47 Å². The fourth-order valence-electron chi connectivity index (χ4n) is 4.32. The minimum atomic E-state index is -0.894. The Balaban J connectivity index is 1.39. The lowest BCUT2D eigenvalue weighted by Crippen LogP contribution is -2.42. The molecule has 176 valence electrons. The van der Waals surface area contributed by atoms with Gasteiger partial charge in [-0.3, -0.25) is 0 Å². The Bertz CT molecular complexity index is 1140. The van der Waals surface area contributed by atoms with E-state index in [1.165, 1.54) is 5.56 Å². The summed E-state index contributed by atoms with van der Waals surface area (Å²) in [6.45, 7) is 2.24. The van der Waals surface area contributed by atoms with E-state index >= 15 is 0 Å². The van der Waals surface area contributed by atoms with Gasteiger partial charge in [0.1, 0.15) is 19.3 Å². The molecule has 0 aromatic heterocycles. The van der Waals surface area contributed by atoms with Crippen molar-refractivity contribution >= 4 is 12.1 Å². The van der Waals surface area contributed by atoms with Gasteiger partial charge in [0.15, 0.2) is 0 Å². The maximum absolute atomic E-state index is 12.6. The molecule has 1 aliphatic rings. The Hall–Kier alpha value is -3.64. The van der Waals surface area contributed by atoms with Crippen molar-refractivity contribution in [2.75, 3.05) is 13.2 Å². The second-order valence-electron chi connectivity index (χ2n) is 8.49. The number of carbonyl (C=O) groups is 2. The third-order valence-corrected chi connectivity index (χ3v) is 6.04. The summed E-state index contributed by atoms with van der Waals surface area (Å²) >= 11 is 0. The number of alkyl carbamates (subject to hydrolysis) is 1. The third kappa shape index (κ3) is 5.46. The van der Waals surface area contributed by atoms with Gasteiger partial charge in [0.05, 0.1) is 0 Å². The van der Waals surface area contributed by atoms with Gasteiger partial charge in [0.2, 0.25) is 0 Å². The van der Waals surface area contributed by atoms with Crippen LogP contribution in [0.25, 0.3) is 11.1 Å². The van der Waals surface area contributed by atoms with Crippen LogP contribution in [0.1, 0.15) is 41.0 Å². The van der Waals surface area contributed by atoms with Gasteiger partial charge in [0, 0.05) is 12.5 Å². The van der Waals surface area contributed by atoms with Crippen molar-refractivity contribution < 1.29 is 24.2 Å². The first-order valence-corrected chi connectivity index (χ1v) is 11.5. The van der Waals surface area contributed by atoms with Crippen LogP contribution in [0.2, 0.25) is 0 Å². The molecular weight excluding hydrogens is 430 g/mol. The predicted octanol–water partition coefficient (Wildman–Crippen LogP) is 4.72. The smallest absolute Gasteiger partial charge is 0.407 e. The van der Waals surface area contributed by atoms with Crippen molar-refractivity contribution in [1.82, 2.24) is 5.32 Å². The molecule has 0 saturated heterocycles. The minimum Gasteiger partial charge on any atom is -0.459 e. The second-order valence-corrected chi connectivity index (χ2v) is 8.49. The van der Waals surface area contributed by atoms with E-state index in [9.17, 15) is 14.7 Å². The Labute approximate surface area is 199 Å². The number of hydrogen-bond donors (Lipinski definition) is 2. The highest BCUT2D eigenvalue weighted by Gasteiger charge is 2.30. The van der Waals surface area contributed by atoms with Crippen LogP contribution >= 0.6 is 0 Å². The number of aliphatic hydroxyl groups excluding tert-OH is 1. The molecule has 2 N–H and O–H groups in total. The molecule has 0 radical (unpaired) electrons. The van der Waals surface area contributed by atoms with Crippen LogP contribution in [-0.2, 0) is 20.9 Å². The van der Waals surface area contributed by atoms with Crippen LogP contribution in [0.5, 0.6) is 0 Å². The van der Waals surface area contributed by atoms with Crippen molar-refractivity contribution in [2.45, 2.75) is 38.3 Å². The Kier molecular flexibility index (Phi) is 7.60. The zero-order valence-corrected chi connectivity index (χ0v) is 19.2. The first-order valence-electron chi connectivity index (χ1n) is 11.5. The molecule has 2 atom stereocenters. The molecule has 0 heterocycles. The molecule has 1 aliphatic carbocycles. The summed E-state index contributed by atoms with van der Waals surface area (Å²) < 4.78 is 11.0. The molecule has 1 amide bonds. The number of nitrogens with one attached hydrogen (secondary N) is 1. The molecule has 0 bridgehead atoms. The fourth-order valence-corrected chi connectivity index (χ4v) is 4.32. The van der Waals surface area contributed by atoms with Crippen molar-refractivity contribution in [3.63, 3.8) is 0 Å². The summed E-state index contributed by atoms with van der Waals surface area (Å²) in [5.41, 5.74) is 6.59. The van der Waals surface area contributed by atoms with Crippen LogP contribution in [0.4, 0.5) is 4.79 Å². The van der Waals surface area contributed by atoms with E-state index in [-0.39, 0.29) is 32.2 Å². The van der Waals surface area contributed by atoms with Gasteiger partial charge < -0.3 is 19.9 Å². The molecule has 0 fully saturated rings. The third-order valence-electron chi connectivity index (χ3n) is 6.04. The van der Waals surface area contributed by atoms with Gasteiger partial charge in [-0.1, -0.05) is 78.4 Å². The molecule has 6 nitrogen and oxygen atoms in total. The van der Waals surface area contributed by atoms with Crippen LogP contribution < -0.4 is 5.32 Å². The standard InChI is InChI=1S/C28H29NO5/c1-19-13-14-23-24(16-19)21-10-5-6-11-22(21)25(23)18-34-28(32)29-26(12-7-15-30)27(31)33-17-20-8-3-2-4-9-20/h2-6,8-11,13-14,16,25-26,30H,7,12,15,17-18H2,1H3,(H,29,32)/t25?,26-/m0/s1. The maximum atomic E-state index is 12.6. The minimum absolute atomic E-state index is 0.0709. The number of aliphatic hydroxyl groups is 1. The van der Waals surface area contributed by atoms with Crippen molar-refractivity contribution in [3.05, 3.63) is 95.1 Å². The first kappa shape index (κ1) is 23.5. The lowest BCUT2D eigenvalue weighted by atomic mass is 9.97. The fraction of sp³-hybridized carbons (Fsp3) is 0.286. The summed E-state index contributed by atoms with van der Waals surface area (Å²) in [7, 11) is 0. The molecule has 0 saturated carbocycles. The summed E-state index contributed by atoms with van der Waals surface area (Å²) in [4.78, 5) is 25.2. The largest absolute Gasteiger partial charge is 0.459 e. The highest BCUT2D eigenvalue weighted by Crippen LogP contribution is 2.45. The van der Waals surface area contributed by atoms with Crippen molar-refractivity contribution in [1.29, 1.82) is 0 Å². The van der Waals surface area contributed by atoms with Crippen molar-refractivity contribution in [2.24, 2.45) is 0 Å². The number of benzene rings is 3. The van der Waals surface area contributed by atoms with E-state index in [2.05, 4.69) is 42.6 Å². The highest BCUT2D eigenvalue weighted by atomic mass is 16.6. The van der Waals surface area contributed by atoms with Gasteiger partial charge in [-0.25, -0.2) is 9.59 Å². The van der Waals surface area contributed by atoms with Crippen LogP contribution in [0, 0.1) is 6.92 Å². The van der Waals surface area contributed by atoms with Crippen LogP contribution in [0.15, 0.2) is 72.8 Å². The van der Waals surface area contributed by atoms with Gasteiger partial charge in [-0.05, 0) is 47.6 Å². The average Bonchev–Trinajstić information content (AvgIpc) is 3.17. The molecule has 0 spiro atoms. The van der Waals surface area contributed by atoms with Crippen LogP contribution in [0.3, 0.4) is 0 Å². The molecule has 6 heteroatoms. The molecule has 0 aliphatic heterocycles. The molecule has 3 aromatic rings. The van der Waals surface area contributed by atoms with E-state index in [0.29, 0.717) is 6.42 Å². The van der Waals surface area contributed by atoms with E-state index in [0.717, 1.165) is 27.8 Å². The lowest BCUT2D eigenvalue weighted by molar-refractivity contribution is -0.147. The van der Waals surface area contributed by atoms with Gasteiger partial charge >= 0.3 is 12.1 Å². The highest BCUT2D eigenvalue weighted by molar-refractivity contribution is 5.82. The van der Waals surface area contributed by atoms with Crippen molar-refractivity contribution in [3.8, 4) is 11.1 Å². The van der Waals surface area contributed by atoms with E-state index < -0.39 is 18.1 Å². The summed E-state index contributed by atoms with van der Waals surface area (Å²) in [6, 6.07) is 22.9. The number of fused-ring (bicyclic) bond motifs is 3. The summed E-state index contributed by atoms with van der Waals surface area (Å²) in [6.07, 6.45) is -0.0699. The lowest BCUT2D eigenvalue weighted by Gasteiger charge is -2.19. The molecule has 3 aromatic carbocycles. The first-order chi connectivity index (χ1) is 16.6. The van der Waals surface area contributed by atoms with Gasteiger partial charge in [-0.2, -0.15) is 0 Å². The monoisotopic (exact) mass is 459 g/mol. The molecule has 1 unspecified atom stereocenters. The zero-order valence-electron chi connectivity index (χ0n) is 19.2. The SMILES string of the molecule is Cc1ccc2c(c1)-c1ccccc1C2COC(=O)N[C@@H](CCCO)C(=O)OCc1ccccc1. The summed E-state index contributed by atoms with van der Waals surface area (Å²) in [5, 5.41) is 11.8. The average molecular weight is 460 g/mol. The molecular formula is C28H29NO5. The Morgan fingerprint density at radius 1 is 0.941 bits per heavy atom. The number of ether oxygens (including phenoxy) is 2. The summed E-state index contributed by atoms with van der Waals surface area (Å²) in [5.74, 6) is -0.625. The topological polar surface area (TPSA) is 84.9 Å². The number of amides is 1. The van der Waals surface area contributed by atoms with Crippen LogP contribution in [-0.4, -0.2) is 36.4 Å². The number of esters is 1. The van der Waals surface area contributed by atoms with Gasteiger partial charge in [-0.15, -0.1) is 0 Å². The number of aryl methyl sites for hydroxylation is 1. The number of rotatable bonds is 9. The predicted molar refractivity (Wildman–Crippen MR) is 129 cm³/mol. The van der Waals surface area contributed by atoms with E-state index in [1.54, 1.807) is 0 Å². The maximum Gasteiger partial charge on any atom is 0.407 e. The second kappa shape index (κ2) is 11.0. The zero-order chi connectivity index (χ0) is 23.9. The number of hydrogen-bond acceptors (Lipinski definition) is 5. The normalized spacial score (nSPS) is 14.6. The Morgan fingerprint density at radius 2 is 1.68 bits per heavy atom. The Morgan fingerprint density at radius 3 is 2.47 bits per heavy atom. The van der Waals surface area contributed by atoms with Gasteiger partial charge in [0.25, 0.3) is 0 Å². The van der Waals surface area contributed by atoms with E-state index in [1.807, 2.05) is 42.5 Å². The quantitative estimate of drug-likeness (QED) is 0.453. The molecule has 34 heavy (non-hydrogen) atoms.